The highest BCUT2D eigenvalue weighted by atomic mass is 16.5. The van der Waals surface area contributed by atoms with E-state index in [9.17, 15) is 9.90 Å². The van der Waals surface area contributed by atoms with Crippen molar-refractivity contribution in [1.29, 1.82) is 0 Å². The van der Waals surface area contributed by atoms with Crippen LogP contribution in [0.2, 0.25) is 0 Å². The Kier molecular flexibility index (Phi) is 9.65. The summed E-state index contributed by atoms with van der Waals surface area (Å²) in [6, 6.07) is 23.1. The van der Waals surface area contributed by atoms with E-state index in [0.717, 1.165) is 22.4 Å². The molecule has 1 spiro atoms. The third kappa shape index (κ3) is 5.71. The van der Waals surface area contributed by atoms with E-state index < -0.39 is 41.7 Å². The molecule has 0 radical (unpaired) electrons. The number of aliphatic hydroxyl groups excluding tert-OH is 1. The van der Waals surface area contributed by atoms with Crippen molar-refractivity contribution in [2.45, 2.75) is 69.9 Å². The lowest BCUT2D eigenvalue weighted by Crippen LogP contribution is -2.57. The first kappa shape index (κ1) is 34.3. The number of fused-ring (bicyclic) bond motifs is 1. The lowest BCUT2D eigenvalue weighted by molar-refractivity contribution is -0.154. The zero-order valence-electron chi connectivity index (χ0n) is 28.8. The predicted molar refractivity (Wildman–Crippen MR) is 190 cm³/mol. The molecule has 0 aliphatic carbocycles. The van der Waals surface area contributed by atoms with Crippen molar-refractivity contribution in [2.75, 3.05) is 24.6 Å². The number of rotatable bonds is 13. The van der Waals surface area contributed by atoms with Crippen LogP contribution in [0.1, 0.15) is 54.5 Å². The summed E-state index contributed by atoms with van der Waals surface area (Å²) in [6.45, 7) is 14.3. The normalized spacial score (nSPS) is 25.9. The summed E-state index contributed by atoms with van der Waals surface area (Å²) in [5, 5.41) is 11.0. The van der Waals surface area contributed by atoms with Crippen molar-refractivity contribution in [3.8, 4) is 0 Å². The molecule has 3 fully saturated rings. The monoisotopic (exact) mass is 661 g/mol. The molecule has 3 heterocycles. The number of anilines is 1. The minimum absolute atomic E-state index is 0.184. The van der Waals surface area contributed by atoms with E-state index in [2.05, 4.69) is 13.2 Å². The van der Waals surface area contributed by atoms with Gasteiger partial charge < -0.3 is 24.5 Å². The predicted octanol–water partition coefficient (Wildman–Crippen LogP) is 5.93. The van der Waals surface area contributed by atoms with Crippen LogP contribution >= 0.6 is 0 Å². The van der Waals surface area contributed by atoms with Gasteiger partial charge in [-0.25, -0.2) is 0 Å². The Morgan fingerprint density at radius 3 is 2.29 bits per heavy atom. The molecule has 3 saturated heterocycles. The fraction of sp³-hybridized carbons (Fsp3) is 0.390. The van der Waals surface area contributed by atoms with Crippen molar-refractivity contribution in [3.05, 3.63) is 126 Å². The molecule has 3 aliphatic heterocycles. The molecule has 3 amide bonds. The number of ether oxygens (including phenoxy) is 1. The van der Waals surface area contributed by atoms with Crippen molar-refractivity contribution in [3.63, 3.8) is 0 Å². The molecule has 256 valence electrons. The van der Waals surface area contributed by atoms with Crippen molar-refractivity contribution < 1.29 is 24.2 Å². The minimum atomic E-state index is -1.27. The van der Waals surface area contributed by atoms with Crippen LogP contribution in [-0.2, 0) is 25.7 Å². The van der Waals surface area contributed by atoms with Gasteiger partial charge >= 0.3 is 0 Å². The summed E-state index contributed by atoms with van der Waals surface area (Å²) in [5.74, 6) is -2.56. The second kappa shape index (κ2) is 13.8. The molecule has 8 heteroatoms. The summed E-state index contributed by atoms with van der Waals surface area (Å²) in [6.07, 6.45) is 4.87. The number of likely N-dealkylation sites (tertiary alicyclic amines) is 1. The maximum atomic E-state index is 15.3. The lowest BCUT2D eigenvalue weighted by atomic mass is 9.64. The molecule has 0 aromatic heterocycles. The molecular formula is C41H47N3O5. The standard InChI is InChI=1S/C41H47N3O5/c1-6-23-42(26-30-15-11-9-12-16-30)37(46)34-35-38(47)44(33(27-45)31-17-13-10-14-18-31)36(41(35)22-21-40(34,8-3)49-41)39(48)43(24-7-2)32-25-28(4)19-20-29(32)5/h6-7,9-20,25,33-36,45H,1-2,8,21-24,26-27H2,3-5H3/t33-,34-,35+,36?,40+,41?/m1/s1. The first-order valence-electron chi connectivity index (χ1n) is 17.3. The van der Waals surface area contributed by atoms with Gasteiger partial charge in [0.1, 0.15) is 11.6 Å². The summed E-state index contributed by atoms with van der Waals surface area (Å²) < 4.78 is 7.13. The molecule has 3 aliphatic rings. The molecule has 3 aromatic carbocycles. The van der Waals surface area contributed by atoms with Gasteiger partial charge in [0.2, 0.25) is 11.8 Å². The molecule has 0 saturated carbocycles. The highest BCUT2D eigenvalue weighted by Gasteiger charge is 2.79. The molecule has 2 bridgehead atoms. The number of nitrogens with zero attached hydrogens (tertiary/aromatic N) is 3. The number of hydrogen-bond acceptors (Lipinski definition) is 5. The van der Waals surface area contributed by atoms with Crippen molar-refractivity contribution in [2.24, 2.45) is 11.8 Å². The van der Waals surface area contributed by atoms with Gasteiger partial charge in [0, 0.05) is 25.3 Å². The van der Waals surface area contributed by atoms with Crippen LogP contribution in [0, 0.1) is 25.7 Å². The van der Waals surface area contributed by atoms with Gasteiger partial charge in [0.15, 0.2) is 0 Å². The minimum Gasteiger partial charge on any atom is -0.394 e. The first-order chi connectivity index (χ1) is 23.7. The Labute approximate surface area is 289 Å². The van der Waals surface area contributed by atoms with Crippen LogP contribution in [0.15, 0.2) is 104 Å². The first-order valence-corrected chi connectivity index (χ1v) is 17.3. The SMILES string of the molecule is C=CCN(Cc1ccccc1)C(=O)[C@H]1[C@H]2C(=O)N([C@H](CO)c3ccccc3)C(C(=O)N(CC=C)c3cc(C)ccc3C)C23CC[C@]1(CC)O3. The van der Waals surface area contributed by atoms with E-state index in [1.54, 1.807) is 26.9 Å². The van der Waals surface area contributed by atoms with E-state index in [0.29, 0.717) is 37.9 Å². The quantitative estimate of drug-likeness (QED) is 0.230. The van der Waals surface area contributed by atoms with Gasteiger partial charge in [-0.3, -0.25) is 14.4 Å². The molecule has 49 heavy (non-hydrogen) atoms. The summed E-state index contributed by atoms with van der Waals surface area (Å²) in [7, 11) is 0. The van der Waals surface area contributed by atoms with Crippen LogP contribution in [0.5, 0.6) is 0 Å². The van der Waals surface area contributed by atoms with Gasteiger partial charge in [-0.05, 0) is 61.4 Å². The third-order valence-electron chi connectivity index (χ3n) is 10.9. The highest BCUT2D eigenvalue weighted by Crippen LogP contribution is 2.65. The van der Waals surface area contributed by atoms with E-state index in [4.69, 9.17) is 4.74 Å². The number of aliphatic hydroxyl groups is 1. The van der Waals surface area contributed by atoms with E-state index in [1.165, 1.54) is 0 Å². The smallest absolute Gasteiger partial charge is 0.253 e. The fourth-order valence-corrected chi connectivity index (χ4v) is 8.66. The fourth-order valence-electron chi connectivity index (χ4n) is 8.66. The maximum absolute atomic E-state index is 15.3. The third-order valence-corrected chi connectivity index (χ3v) is 10.9. The number of aryl methyl sites for hydroxylation is 2. The Bertz CT molecular complexity index is 1730. The van der Waals surface area contributed by atoms with Crippen LogP contribution in [0.4, 0.5) is 5.69 Å². The zero-order chi connectivity index (χ0) is 34.9. The molecule has 3 aromatic rings. The molecule has 2 unspecified atom stereocenters. The van der Waals surface area contributed by atoms with Gasteiger partial charge in [0.05, 0.1) is 30.1 Å². The van der Waals surface area contributed by atoms with Crippen LogP contribution in [0.25, 0.3) is 0 Å². The second-order valence-electron chi connectivity index (χ2n) is 13.7. The average molecular weight is 662 g/mol. The van der Waals surface area contributed by atoms with E-state index in [-0.39, 0.29) is 24.3 Å². The van der Waals surface area contributed by atoms with Gasteiger partial charge in [-0.1, -0.05) is 91.9 Å². The zero-order valence-corrected chi connectivity index (χ0v) is 28.8. The molecule has 6 atom stereocenters. The average Bonchev–Trinajstić information content (AvgIpc) is 3.72. The van der Waals surface area contributed by atoms with E-state index >= 15 is 9.59 Å². The molecule has 8 nitrogen and oxygen atoms in total. The Balaban J connectivity index is 1.50. The van der Waals surface area contributed by atoms with Gasteiger partial charge in [0.25, 0.3) is 5.91 Å². The Hall–Kier alpha value is -4.53. The number of amides is 3. The Morgan fingerprint density at radius 1 is 0.980 bits per heavy atom. The van der Waals surface area contributed by atoms with Gasteiger partial charge in [-0.15, -0.1) is 13.2 Å². The summed E-state index contributed by atoms with van der Waals surface area (Å²) in [4.78, 5) is 50.3. The number of carbonyl (C=O) groups excluding carboxylic acids is 3. The lowest BCUT2D eigenvalue weighted by Gasteiger charge is -2.40. The second-order valence-corrected chi connectivity index (χ2v) is 13.7. The number of benzene rings is 3. The van der Waals surface area contributed by atoms with Crippen molar-refractivity contribution >= 4 is 23.4 Å². The largest absolute Gasteiger partial charge is 0.394 e. The number of hydrogen-bond donors (Lipinski definition) is 1. The van der Waals surface area contributed by atoms with Crippen molar-refractivity contribution in [1.82, 2.24) is 9.80 Å². The highest BCUT2D eigenvalue weighted by molar-refractivity contribution is 6.05. The maximum Gasteiger partial charge on any atom is 0.253 e. The van der Waals surface area contributed by atoms with Crippen LogP contribution in [-0.4, -0.2) is 69.6 Å². The molecule has 6 rings (SSSR count). The summed E-state index contributed by atoms with van der Waals surface area (Å²) >= 11 is 0. The summed E-state index contributed by atoms with van der Waals surface area (Å²) in [5.41, 5.74) is 2.11. The van der Waals surface area contributed by atoms with E-state index in [1.807, 2.05) is 99.6 Å². The number of carbonyl (C=O) groups is 3. The van der Waals surface area contributed by atoms with Gasteiger partial charge in [-0.2, -0.15) is 0 Å². The topological polar surface area (TPSA) is 90.4 Å². The Morgan fingerprint density at radius 2 is 1.65 bits per heavy atom. The van der Waals surface area contributed by atoms with Crippen LogP contribution < -0.4 is 4.90 Å². The molecule has 1 N–H and O–H groups in total. The molecular weight excluding hydrogens is 614 g/mol. The van der Waals surface area contributed by atoms with Crippen LogP contribution in [0.3, 0.4) is 0 Å².